The van der Waals surface area contributed by atoms with E-state index in [0.29, 0.717) is 85.2 Å². The number of carbonyl (C=O) groups excluding carboxylic acids is 5. The molecule has 0 unspecified atom stereocenters. The minimum atomic E-state index is -0.528. The van der Waals surface area contributed by atoms with E-state index in [0.717, 1.165) is 23.7 Å². The fourth-order valence-electron chi connectivity index (χ4n) is 6.40. The molecule has 21 nitrogen and oxygen atoms in total. The Hall–Kier alpha value is -5.55. The van der Waals surface area contributed by atoms with Gasteiger partial charge in [0.2, 0.25) is 35.0 Å². The number of hydrogen-bond acceptors (Lipinski definition) is 20. The van der Waals surface area contributed by atoms with E-state index in [-0.39, 0.29) is 172 Å². The van der Waals surface area contributed by atoms with Gasteiger partial charge in [-0.3, -0.25) is 14.4 Å². The summed E-state index contributed by atoms with van der Waals surface area (Å²) in [6.07, 6.45) is 2.69. The Balaban J connectivity index is 0.000000526. The SMILES string of the molecule is CC(C)(C)C(=O)COc1ccccc1.CCCc1nc(COc2ccccc2)oc1C(=O)OCC.CCOC(=O)c1oc(COc2ccccc2)nc1CCN.O=C1NCCc2nc(COc3ccccc3)oc21.O=CO[O-].[H-].[K+].[K+]. The molecule has 0 bridgehead atoms. The Morgan fingerprint density at radius 2 is 1.02 bits per heavy atom. The van der Waals surface area contributed by atoms with Gasteiger partial charge in [-0.2, -0.15) is 0 Å². The molecule has 3 N–H and O–H groups in total. The predicted octanol–water partition coefficient (Wildman–Crippen LogP) is 2.09. The number of esters is 2. The van der Waals surface area contributed by atoms with Crippen LogP contribution in [0.3, 0.4) is 0 Å². The number of amides is 1. The van der Waals surface area contributed by atoms with E-state index >= 15 is 0 Å². The fraction of sp³-hybridized carbons (Fsp3) is 0.333. The summed E-state index contributed by atoms with van der Waals surface area (Å²) in [5, 5.41) is 11.1. The average molecular weight is 1160 g/mol. The molecular formula is C57H67K2N5O16. The number of nitrogens with one attached hydrogen (secondary N) is 1. The Kier molecular flexibility index (Phi) is 35.1. The fourth-order valence-corrected chi connectivity index (χ4v) is 6.40. The Morgan fingerprint density at radius 3 is 1.38 bits per heavy atom. The van der Waals surface area contributed by atoms with Crippen molar-refractivity contribution in [3.8, 4) is 23.0 Å². The van der Waals surface area contributed by atoms with Crippen LogP contribution in [0.1, 0.15) is 116 Å². The largest absolute Gasteiger partial charge is 1.00 e. The zero-order valence-electron chi connectivity index (χ0n) is 47.6. The van der Waals surface area contributed by atoms with Crippen molar-refractivity contribution in [1.29, 1.82) is 0 Å². The number of rotatable bonds is 21. The van der Waals surface area contributed by atoms with Gasteiger partial charge in [-0.05, 0) is 75.3 Å². The first-order chi connectivity index (χ1) is 37.7. The third kappa shape index (κ3) is 25.9. The molecule has 0 fully saturated rings. The maximum Gasteiger partial charge on any atom is 1.00 e. The van der Waals surface area contributed by atoms with Gasteiger partial charge in [0.15, 0.2) is 25.6 Å². The van der Waals surface area contributed by atoms with E-state index in [4.69, 9.17) is 57.5 Å². The molecule has 1 aliphatic rings. The van der Waals surface area contributed by atoms with Crippen molar-refractivity contribution in [2.45, 2.75) is 87.0 Å². The number of nitrogens with two attached hydrogens (primary N) is 1. The van der Waals surface area contributed by atoms with Gasteiger partial charge in [0.05, 0.1) is 30.3 Å². The topological polar surface area (TPSA) is 289 Å². The summed E-state index contributed by atoms with van der Waals surface area (Å²) in [6.45, 7) is 13.3. The molecule has 80 heavy (non-hydrogen) atoms. The number of ketones is 1. The average Bonchev–Trinajstić information content (AvgIpc) is 4.20. The van der Waals surface area contributed by atoms with Crippen LogP contribution in [0.5, 0.6) is 23.0 Å². The van der Waals surface area contributed by atoms with Crippen LogP contribution in [0.15, 0.2) is 135 Å². The van der Waals surface area contributed by atoms with Crippen molar-refractivity contribution < 1.29 is 180 Å². The maximum atomic E-state index is 11.8. The van der Waals surface area contributed by atoms with Crippen LogP contribution in [0.25, 0.3) is 0 Å². The molecule has 4 aromatic carbocycles. The zero-order chi connectivity index (χ0) is 56.5. The van der Waals surface area contributed by atoms with Crippen molar-refractivity contribution in [2.75, 3.05) is 32.9 Å². The molecule has 418 valence electrons. The number of aryl methyl sites for hydroxylation is 1. The number of benzene rings is 4. The number of para-hydroxylation sites is 4. The first-order valence-electron chi connectivity index (χ1n) is 25.0. The normalized spacial score (nSPS) is 10.8. The molecule has 0 spiro atoms. The maximum absolute atomic E-state index is 11.8. The molecule has 1 amide bonds. The Bertz CT molecular complexity index is 2760. The molecular weight excluding hydrogens is 1090 g/mol. The van der Waals surface area contributed by atoms with E-state index < -0.39 is 11.9 Å². The van der Waals surface area contributed by atoms with E-state index in [1.165, 1.54) is 0 Å². The van der Waals surface area contributed by atoms with E-state index in [9.17, 15) is 19.2 Å². The second kappa shape index (κ2) is 39.8. The van der Waals surface area contributed by atoms with Crippen LogP contribution in [-0.4, -0.2) is 78.0 Å². The summed E-state index contributed by atoms with van der Waals surface area (Å²) in [6, 6.07) is 37.5. The number of fused-ring (bicyclic) bond motifs is 1. The number of aromatic nitrogens is 3. The van der Waals surface area contributed by atoms with Gasteiger partial charge >= 0.3 is 115 Å². The van der Waals surface area contributed by atoms with Gasteiger partial charge in [0.1, 0.15) is 29.6 Å². The standard InChI is InChI=1S/C16H19NO4.C15H18N2O4.C13H12N2O3.C12H16O2.CH2O3.2K.H/c1-3-8-13-15(16(18)19-4-2)21-14(17-13)11-20-12-9-6-5-7-10-12;1-2-19-15(18)14-12(8-9-16)17-13(21-14)10-20-11-6-4-3-5-7-11;16-13-12-10(6-7-14-13)15-11(18-12)8-17-9-4-2-1-3-5-9;1-12(2,3)11(13)9-14-10-7-5-4-6-8-10;2-1-4-3;;;/h5-7,9-10H,3-4,8,11H2,1-2H3;3-7H,2,8-10,16H2,1H3;1-5H,6-8H2,(H,14,16);4-8H,9H2,1-3H3;1,3H;;;/q;;;;;2*+1;-1/p-1. The molecule has 1 aliphatic heterocycles. The molecule has 4 heterocycles. The van der Waals surface area contributed by atoms with Crippen LogP contribution >= 0.6 is 0 Å². The Morgan fingerprint density at radius 1 is 0.637 bits per heavy atom. The van der Waals surface area contributed by atoms with Gasteiger partial charge in [-0.15, -0.1) is 0 Å². The summed E-state index contributed by atoms with van der Waals surface area (Å²) < 4.78 is 48.2. The molecule has 23 heteroatoms. The molecule has 0 saturated heterocycles. The number of oxazole rings is 3. The molecule has 0 atom stereocenters. The quantitative estimate of drug-likeness (QED) is 0.0342. The van der Waals surface area contributed by atoms with Crippen LogP contribution < -0.4 is 138 Å². The van der Waals surface area contributed by atoms with Crippen LogP contribution in [0.4, 0.5) is 0 Å². The number of nitrogens with zero attached hydrogens (tertiary/aromatic N) is 3. The second-order valence-electron chi connectivity index (χ2n) is 17.2. The van der Waals surface area contributed by atoms with Gasteiger partial charge in [-0.25, -0.2) is 24.5 Å². The van der Waals surface area contributed by atoms with E-state index in [1.807, 2.05) is 149 Å². The number of carbonyl (C=O) groups is 5. The second-order valence-corrected chi connectivity index (χ2v) is 17.2. The zero-order valence-corrected chi connectivity index (χ0v) is 52.8. The summed E-state index contributed by atoms with van der Waals surface area (Å²) in [4.78, 5) is 70.7. The number of ether oxygens (including phenoxy) is 6. The van der Waals surface area contributed by atoms with Crippen molar-refractivity contribution in [3.05, 3.63) is 173 Å². The number of hydrogen-bond donors (Lipinski definition) is 2. The minimum absolute atomic E-state index is 0. The summed E-state index contributed by atoms with van der Waals surface area (Å²) in [5.41, 5.74) is 7.03. The van der Waals surface area contributed by atoms with Crippen LogP contribution in [-0.2, 0) is 63.0 Å². The number of Topliss-reactive ketones (excluding diaryl/α,β-unsaturated/α-hetero) is 1. The minimum Gasteiger partial charge on any atom is -1.00 e. The van der Waals surface area contributed by atoms with E-state index in [2.05, 4.69) is 25.2 Å². The van der Waals surface area contributed by atoms with Crippen LogP contribution in [0, 0.1) is 5.41 Å². The molecule has 0 aliphatic carbocycles. The van der Waals surface area contributed by atoms with Crippen molar-refractivity contribution in [3.63, 3.8) is 0 Å². The van der Waals surface area contributed by atoms with Gasteiger partial charge in [-0.1, -0.05) is 107 Å². The molecule has 0 radical (unpaired) electrons. The third-order valence-corrected chi connectivity index (χ3v) is 10.2. The molecule has 0 saturated carbocycles. The predicted molar refractivity (Wildman–Crippen MR) is 281 cm³/mol. The van der Waals surface area contributed by atoms with Gasteiger partial charge < -0.3 is 64.3 Å². The van der Waals surface area contributed by atoms with Crippen molar-refractivity contribution in [1.82, 2.24) is 20.3 Å². The first-order valence-corrected chi connectivity index (χ1v) is 25.0. The third-order valence-electron chi connectivity index (χ3n) is 10.2. The van der Waals surface area contributed by atoms with Gasteiger partial charge in [0.25, 0.3) is 12.4 Å². The summed E-state index contributed by atoms with van der Waals surface area (Å²) >= 11 is 0. The summed E-state index contributed by atoms with van der Waals surface area (Å²) in [7, 11) is 0. The monoisotopic (exact) mass is 1160 g/mol. The summed E-state index contributed by atoms with van der Waals surface area (Å²) in [5.74, 6) is 3.57. The van der Waals surface area contributed by atoms with Crippen molar-refractivity contribution in [2.24, 2.45) is 11.1 Å². The van der Waals surface area contributed by atoms with Crippen molar-refractivity contribution >= 4 is 30.1 Å². The Labute approximate surface area is 551 Å². The molecule has 3 aromatic heterocycles. The smallest absolute Gasteiger partial charge is 1.00 e. The van der Waals surface area contributed by atoms with Crippen LogP contribution in [0.2, 0.25) is 0 Å². The molecule has 7 aromatic rings. The van der Waals surface area contributed by atoms with E-state index in [1.54, 1.807) is 13.8 Å². The first kappa shape index (κ1) is 70.6. The molecule has 8 rings (SSSR count). The van der Waals surface area contributed by atoms with Gasteiger partial charge in [0, 0.05) is 24.8 Å².